The summed E-state index contributed by atoms with van der Waals surface area (Å²) in [4.78, 5) is 24.6. The van der Waals surface area contributed by atoms with Crippen molar-refractivity contribution in [3.63, 3.8) is 0 Å². The number of carbonyl (C=O) groups is 2. The van der Waals surface area contributed by atoms with Crippen LogP contribution in [0.5, 0.6) is 0 Å². The summed E-state index contributed by atoms with van der Waals surface area (Å²) in [5, 5.41) is 11.4. The number of esters is 2. The molecule has 30 heavy (non-hydrogen) atoms. The number of hydrogen-bond donors (Lipinski definition) is 1. The lowest BCUT2D eigenvalue weighted by atomic mass is 9.52. The maximum atomic E-state index is 12.9. The number of benzene rings is 1. The van der Waals surface area contributed by atoms with Gasteiger partial charge in [0.1, 0.15) is 23.9 Å². The first kappa shape index (κ1) is 21.1. The second-order valence-corrected chi connectivity index (χ2v) is 9.58. The lowest BCUT2D eigenvalue weighted by Gasteiger charge is -2.57. The standard InChI is InChI=1S/C24H30O6/c1-14-11-18(28-15(2)25)20(26)23(5)19(29-21(27)16-9-7-6-8-10-16)12-17-13-24(14,23)30-22(17,3)4/h6-11,17-20,26H,12-13H2,1-5H3/t17-,18-,19+,20-,23-,24+/m1/s1. The van der Waals surface area contributed by atoms with Crippen LogP contribution in [0, 0.1) is 11.3 Å². The third-order valence-electron chi connectivity index (χ3n) is 7.53. The van der Waals surface area contributed by atoms with E-state index in [2.05, 4.69) is 0 Å². The van der Waals surface area contributed by atoms with E-state index in [1.807, 2.05) is 33.8 Å². The fraction of sp³-hybridized carbons (Fsp3) is 0.583. The van der Waals surface area contributed by atoms with Crippen molar-refractivity contribution in [3.8, 4) is 0 Å². The van der Waals surface area contributed by atoms with E-state index in [9.17, 15) is 14.7 Å². The van der Waals surface area contributed by atoms with E-state index in [4.69, 9.17) is 14.2 Å². The summed E-state index contributed by atoms with van der Waals surface area (Å²) in [5.74, 6) is -0.735. The fourth-order valence-electron chi connectivity index (χ4n) is 5.77. The van der Waals surface area contributed by atoms with E-state index in [0.717, 1.165) is 12.0 Å². The number of carbonyl (C=O) groups excluding carboxylic acids is 2. The van der Waals surface area contributed by atoms with Gasteiger partial charge < -0.3 is 19.3 Å². The predicted molar refractivity (Wildman–Crippen MR) is 110 cm³/mol. The Hall–Kier alpha value is -2.18. The molecule has 1 saturated carbocycles. The van der Waals surface area contributed by atoms with E-state index >= 15 is 0 Å². The summed E-state index contributed by atoms with van der Waals surface area (Å²) in [6.07, 6.45) is 0.590. The first-order valence-corrected chi connectivity index (χ1v) is 10.5. The van der Waals surface area contributed by atoms with E-state index in [1.54, 1.807) is 30.3 Å². The van der Waals surface area contributed by atoms with Crippen molar-refractivity contribution >= 4 is 11.9 Å². The van der Waals surface area contributed by atoms with E-state index in [1.165, 1.54) is 6.92 Å². The fourth-order valence-corrected chi connectivity index (χ4v) is 5.77. The maximum absolute atomic E-state index is 12.9. The molecule has 6 nitrogen and oxygen atoms in total. The highest BCUT2D eigenvalue weighted by Crippen LogP contribution is 2.65. The van der Waals surface area contributed by atoms with Gasteiger partial charge in [-0.2, -0.15) is 0 Å². The molecular weight excluding hydrogens is 384 g/mol. The van der Waals surface area contributed by atoms with Gasteiger partial charge in [0.05, 0.1) is 16.6 Å². The third kappa shape index (κ3) is 2.92. The van der Waals surface area contributed by atoms with Gasteiger partial charge in [0, 0.05) is 6.92 Å². The molecule has 1 heterocycles. The molecule has 1 saturated heterocycles. The van der Waals surface area contributed by atoms with Gasteiger partial charge in [-0.1, -0.05) is 25.1 Å². The molecule has 0 aromatic heterocycles. The molecule has 2 fully saturated rings. The number of aliphatic hydroxyl groups excluding tert-OH is 1. The lowest BCUT2D eigenvalue weighted by molar-refractivity contribution is -0.223. The number of fused-ring (bicyclic) bond motifs is 1. The summed E-state index contributed by atoms with van der Waals surface area (Å²) >= 11 is 0. The van der Waals surface area contributed by atoms with Crippen LogP contribution >= 0.6 is 0 Å². The van der Waals surface area contributed by atoms with E-state index < -0.39 is 46.9 Å². The van der Waals surface area contributed by atoms with Crippen LogP contribution in [-0.4, -0.2) is 46.6 Å². The van der Waals surface area contributed by atoms with Gasteiger partial charge >= 0.3 is 11.9 Å². The van der Waals surface area contributed by atoms with Crippen molar-refractivity contribution in [2.24, 2.45) is 11.3 Å². The summed E-state index contributed by atoms with van der Waals surface area (Å²) in [5.41, 5.74) is -0.837. The van der Waals surface area contributed by atoms with Gasteiger partial charge in [0.25, 0.3) is 0 Å². The van der Waals surface area contributed by atoms with E-state index in [-0.39, 0.29) is 5.92 Å². The smallest absolute Gasteiger partial charge is 0.338 e. The molecule has 162 valence electrons. The topological polar surface area (TPSA) is 82.1 Å². The van der Waals surface area contributed by atoms with Crippen LogP contribution in [0.1, 0.15) is 57.8 Å². The van der Waals surface area contributed by atoms with Crippen molar-refractivity contribution < 1.29 is 28.9 Å². The zero-order valence-electron chi connectivity index (χ0n) is 18.2. The highest BCUT2D eigenvalue weighted by Gasteiger charge is 2.72. The average molecular weight is 414 g/mol. The van der Waals surface area contributed by atoms with Crippen molar-refractivity contribution in [2.45, 2.75) is 77.0 Å². The molecule has 3 aliphatic rings. The highest BCUT2D eigenvalue weighted by atomic mass is 16.6. The van der Waals surface area contributed by atoms with Gasteiger partial charge in [-0.25, -0.2) is 4.79 Å². The Bertz CT molecular complexity index is 890. The van der Waals surface area contributed by atoms with Crippen LogP contribution in [0.3, 0.4) is 0 Å². The Morgan fingerprint density at radius 3 is 2.43 bits per heavy atom. The highest BCUT2D eigenvalue weighted by molar-refractivity contribution is 5.89. The summed E-state index contributed by atoms with van der Waals surface area (Å²) in [6.45, 7) is 9.26. The molecule has 2 aliphatic carbocycles. The molecule has 0 unspecified atom stereocenters. The van der Waals surface area contributed by atoms with Crippen LogP contribution in [0.4, 0.5) is 0 Å². The number of aliphatic hydroxyl groups is 1. The average Bonchev–Trinajstić information content (AvgIpc) is 2.92. The minimum Gasteiger partial charge on any atom is -0.458 e. The molecule has 0 amide bonds. The quantitative estimate of drug-likeness (QED) is 0.603. The number of hydrogen-bond acceptors (Lipinski definition) is 6. The molecule has 6 heteroatoms. The van der Waals surface area contributed by atoms with Crippen LogP contribution in [-0.2, 0) is 19.0 Å². The van der Waals surface area contributed by atoms with E-state index in [0.29, 0.717) is 12.0 Å². The van der Waals surface area contributed by atoms with Crippen molar-refractivity contribution in [1.29, 1.82) is 0 Å². The monoisotopic (exact) mass is 414 g/mol. The summed E-state index contributed by atoms with van der Waals surface area (Å²) in [6, 6.07) is 8.84. The molecule has 1 aliphatic heterocycles. The first-order chi connectivity index (χ1) is 14.0. The second kappa shape index (κ2) is 6.92. The van der Waals surface area contributed by atoms with Crippen molar-refractivity contribution in [1.82, 2.24) is 0 Å². The van der Waals surface area contributed by atoms with Crippen LogP contribution in [0.2, 0.25) is 0 Å². The Morgan fingerprint density at radius 1 is 1.13 bits per heavy atom. The van der Waals surface area contributed by atoms with Gasteiger partial charge in [0.15, 0.2) is 0 Å². The molecule has 2 bridgehead atoms. The Morgan fingerprint density at radius 2 is 1.80 bits per heavy atom. The van der Waals surface area contributed by atoms with Gasteiger partial charge in [-0.3, -0.25) is 4.79 Å². The van der Waals surface area contributed by atoms with Gasteiger partial charge in [-0.05, 0) is 63.3 Å². The normalized spacial score (nSPS) is 38.9. The summed E-state index contributed by atoms with van der Waals surface area (Å²) < 4.78 is 18.1. The zero-order chi connectivity index (χ0) is 21.9. The first-order valence-electron chi connectivity index (χ1n) is 10.5. The van der Waals surface area contributed by atoms with Crippen LogP contribution < -0.4 is 0 Å². The SMILES string of the molecule is CC(=O)O[C@@H]1C=C(C)[C@@]23C[C@@H](C[C@H](OC(=O)c4ccccc4)[C@]2(C)[C@@H]1O)C(C)(C)O3. The summed E-state index contributed by atoms with van der Waals surface area (Å²) in [7, 11) is 0. The molecule has 6 atom stereocenters. The molecule has 1 aromatic carbocycles. The number of rotatable bonds is 3. The molecule has 0 radical (unpaired) electrons. The zero-order valence-corrected chi connectivity index (χ0v) is 18.2. The molecule has 4 rings (SSSR count). The Labute approximate surface area is 177 Å². The van der Waals surface area contributed by atoms with Crippen LogP contribution in [0.15, 0.2) is 42.0 Å². The predicted octanol–water partition coefficient (Wildman–Crippen LogP) is 3.43. The minimum atomic E-state index is -1.08. The molecule has 1 spiro atoms. The molecule has 1 aromatic rings. The lowest BCUT2D eigenvalue weighted by Crippen LogP contribution is -2.67. The van der Waals surface area contributed by atoms with Crippen molar-refractivity contribution in [3.05, 3.63) is 47.5 Å². The largest absolute Gasteiger partial charge is 0.458 e. The minimum absolute atomic E-state index is 0.167. The Balaban J connectivity index is 1.77. The molecule has 1 N–H and O–H groups in total. The van der Waals surface area contributed by atoms with Crippen LogP contribution in [0.25, 0.3) is 0 Å². The maximum Gasteiger partial charge on any atom is 0.338 e. The number of ether oxygens (including phenoxy) is 3. The van der Waals surface area contributed by atoms with Gasteiger partial charge in [0.2, 0.25) is 0 Å². The molecular formula is C24H30O6. The van der Waals surface area contributed by atoms with Gasteiger partial charge in [-0.15, -0.1) is 0 Å². The Kier molecular flexibility index (Phi) is 4.86. The second-order valence-electron chi connectivity index (χ2n) is 9.58. The third-order valence-corrected chi connectivity index (χ3v) is 7.53. The van der Waals surface area contributed by atoms with Crippen molar-refractivity contribution in [2.75, 3.05) is 0 Å².